The van der Waals surface area contributed by atoms with Crippen molar-refractivity contribution in [3.63, 3.8) is 0 Å². The molecule has 0 aliphatic rings. The molecule has 0 radical (unpaired) electrons. The van der Waals surface area contributed by atoms with Gasteiger partial charge in [-0.05, 0) is 43.5 Å². The lowest BCUT2D eigenvalue weighted by Crippen LogP contribution is -2.14. The highest BCUT2D eigenvalue weighted by atomic mass is 35.5. The van der Waals surface area contributed by atoms with Gasteiger partial charge < -0.3 is 4.90 Å². The van der Waals surface area contributed by atoms with Crippen LogP contribution in [0.15, 0.2) is 22.5 Å². The van der Waals surface area contributed by atoms with E-state index in [0.29, 0.717) is 11.4 Å². The molecule has 3 nitrogen and oxygen atoms in total. The van der Waals surface area contributed by atoms with Crippen LogP contribution in [-0.4, -0.2) is 29.8 Å². The van der Waals surface area contributed by atoms with Gasteiger partial charge in [0.1, 0.15) is 0 Å². The Morgan fingerprint density at radius 1 is 1.19 bits per heavy atom. The standard InChI is InChI=1S/C17H20F3N3S.2ClH/c1-5-23(4)10-21-14-7-11(2)13(6-12(14)3)8-16-22-15(9-24-16)17(18,19)20;;/h6-7,9-10H,5,8H2,1-4H3;2*1H/b21-10-;;. The van der Waals surface area contributed by atoms with E-state index in [1.54, 1.807) is 6.34 Å². The van der Waals surface area contributed by atoms with Gasteiger partial charge in [-0.3, -0.25) is 0 Å². The number of aromatic nitrogens is 1. The molecule has 2 rings (SSSR count). The van der Waals surface area contributed by atoms with Gasteiger partial charge in [-0.15, -0.1) is 36.2 Å². The minimum atomic E-state index is -4.39. The van der Waals surface area contributed by atoms with Crippen LogP contribution in [-0.2, 0) is 12.6 Å². The summed E-state index contributed by atoms with van der Waals surface area (Å²) in [5.74, 6) is 0. The van der Waals surface area contributed by atoms with Crippen molar-refractivity contribution in [3.05, 3.63) is 44.9 Å². The summed E-state index contributed by atoms with van der Waals surface area (Å²) in [6, 6.07) is 3.94. The highest BCUT2D eigenvalue weighted by Crippen LogP contribution is 2.31. The van der Waals surface area contributed by atoms with Crippen LogP contribution in [0.5, 0.6) is 0 Å². The maximum atomic E-state index is 12.6. The highest BCUT2D eigenvalue weighted by Gasteiger charge is 2.33. The van der Waals surface area contributed by atoms with Crippen molar-refractivity contribution in [2.75, 3.05) is 13.6 Å². The summed E-state index contributed by atoms with van der Waals surface area (Å²) in [5.41, 5.74) is 3.00. The van der Waals surface area contributed by atoms with Crippen LogP contribution in [0.1, 0.15) is 34.3 Å². The molecule has 0 saturated heterocycles. The molecule has 0 fully saturated rings. The molecule has 0 spiro atoms. The van der Waals surface area contributed by atoms with Crippen LogP contribution in [0, 0.1) is 13.8 Å². The molecule has 1 aromatic heterocycles. The van der Waals surface area contributed by atoms with Crippen LogP contribution in [0.2, 0.25) is 0 Å². The molecule has 0 bridgehead atoms. The molecule has 146 valence electrons. The van der Waals surface area contributed by atoms with Crippen LogP contribution in [0.25, 0.3) is 0 Å². The Balaban J connectivity index is 0.00000312. The number of hydrogen-bond acceptors (Lipinski definition) is 3. The fraction of sp³-hybridized carbons (Fsp3) is 0.412. The van der Waals surface area contributed by atoms with Gasteiger partial charge >= 0.3 is 6.18 Å². The fourth-order valence-corrected chi connectivity index (χ4v) is 2.94. The van der Waals surface area contributed by atoms with E-state index in [0.717, 1.165) is 45.6 Å². The lowest BCUT2D eigenvalue weighted by Gasteiger charge is -2.11. The minimum absolute atomic E-state index is 0. The Morgan fingerprint density at radius 2 is 1.85 bits per heavy atom. The molecule has 0 aliphatic carbocycles. The minimum Gasteiger partial charge on any atom is -0.366 e. The first kappa shape index (κ1) is 24.7. The summed E-state index contributed by atoms with van der Waals surface area (Å²) in [7, 11) is 1.95. The molecule has 2 aromatic rings. The predicted molar refractivity (Wildman–Crippen MR) is 107 cm³/mol. The van der Waals surface area contributed by atoms with Gasteiger partial charge in [0.2, 0.25) is 0 Å². The first-order valence-electron chi connectivity index (χ1n) is 7.57. The molecule has 0 amide bonds. The monoisotopic (exact) mass is 427 g/mol. The fourth-order valence-electron chi connectivity index (χ4n) is 2.12. The van der Waals surface area contributed by atoms with Gasteiger partial charge in [0, 0.05) is 25.4 Å². The van der Waals surface area contributed by atoms with Crippen molar-refractivity contribution in [1.29, 1.82) is 0 Å². The van der Waals surface area contributed by atoms with E-state index in [-0.39, 0.29) is 24.8 Å². The Hall–Kier alpha value is -1.31. The van der Waals surface area contributed by atoms with E-state index < -0.39 is 11.9 Å². The van der Waals surface area contributed by atoms with Gasteiger partial charge in [0.25, 0.3) is 0 Å². The van der Waals surface area contributed by atoms with E-state index in [4.69, 9.17) is 0 Å². The number of aliphatic imine (C=N–C) groups is 1. The average molecular weight is 428 g/mol. The van der Waals surface area contributed by atoms with Crippen LogP contribution in [0.4, 0.5) is 18.9 Å². The van der Waals surface area contributed by atoms with Gasteiger partial charge in [-0.2, -0.15) is 13.2 Å². The number of alkyl halides is 3. The lowest BCUT2D eigenvalue weighted by molar-refractivity contribution is -0.140. The van der Waals surface area contributed by atoms with Crippen LogP contribution >= 0.6 is 36.2 Å². The SMILES string of the molecule is CCN(C)/C=N\c1cc(C)c(Cc2nc(C(F)(F)F)cs2)cc1C.Cl.Cl. The number of thiazole rings is 1. The van der Waals surface area contributed by atoms with E-state index in [2.05, 4.69) is 9.98 Å². The van der Waals surface area contributed by atoms with E-state index in [9.17, 15) is 13.2 Å². The van der Waals surface area contributed by atoms with Crippen LogP contribution < -0.4 is 0 Å². The molecule has 0 unspecified atom stereocenters. The molecule has 26 heavy (non-hydrogen) atoms. The van der Waals surface area contributed by atoms with Gasteiger partial charge in [-0.25, -0.2) is 9.98 Å². The second-order valence-electron chi connectivity index (χ2n) is 5.68. The molecule has 0 atom stereocenters. The molecular weight excluding hydrogens is 406 g/mol. The molecule has 0 saturated carbocycles. The Kier molecular flexibility index (Phi) is 9.62. The zero-order valence-electron chi connectivity index (χ0n) is 14.9. The third-order valence-electron chi connectivity index (χ3n) is 3.73. The molecule has 0 N–H and O–H groups in total. The number of benzene rings is 1. The van der Waals surface area contributed by atoms with Gasteiger partial charge in [0.15, 0.2) is 5.69 Å². The second-order valence-corrected chi connectivity index (χ2v) is 6.63. The van der Waals surface area contributed by atoms with Gasteiger partial charge in [-0.1, -0.05) is 6.07 Å². The zero-order chi connectivity index (χ0) is 17.9. The van der Waals surface area contributed by atoms with Crippen molar-refractivity contribution >= 4 is 48.2 Å². The summed E-state index contributed by atoms with van der Waals surface area (Å²) < 4.78 is 37.9. The number of nitrogens with zero attached hydrogens (tertiary/aromatic N) is 3. The summed E-state index contributed by atoms with van der Waals surface area (Å²) in [4.78, 5) is 10.1. The third-order valence-corrected chi connectivity index (χ3v) is 4.58. The van der Waals surface area contributed by atoms with E-state index in [1.165, 1.54) is 0 Å². The average Bonchev–Trinajstić information content (AvgIpc) is 2.97. The van der Waals surface area contributed by atoms with Crippen molar-refractivity contribution < 1.29 is 13.2 Å². The molecule has 1 heterocycles. The lowest BCUT2D eigenvalue weighted by atomic mass is 10.0. The smallest absolute Gasteiger partial charge is 0.366 e. The zero-order valence-corrected chi connectivity index (χ0v) is 17.4. The topological polar surface area (TPSA) is 28.5 Å². The van der Waals surface area contributed by atoms with Crippen LogP contribution in [0.3, 0.4) is 0 Å². The Bertz CT molecular complexity index is 745. The third kappa shape index (κ3) is 6.45. The van der Waals surface area contributed by atoms with Crippen molar-refractivity contribution in [3.8, 4) is 0 Å². The second kappa shape index (κ2) is 10.1. The van der Waals surface area contributed by atoms with E-state index >= 15 is 0 Å². The van der Waals surface area contributed by atoms with Crippen molar-refractivity contribution in [1.82, 2.24) is 9.88 Å². The number of rotatable bonds is 5. The predicted octanol–water partition coefficient (Wildman–Crippen LogP) is 5.82. The maximum Gasteiger partial charge on any atom is 0.434 e. The molecule has 1 aromatic carbocycles. The number of halogens is 5. The summed E-state index contributed by atoms with van der Waals surface area (Å²) in [5, 5.41) is 1.53. The molecular formula is C17H22Cl2F3N3S. The summed E-state index contributed by atoms with van der Waals surface area (Å²) in [6.45, 7) is 6.79. The normalized spacial score (nSPS) is 11.2. The summed E-state index contributed by atoms with van der Waals surface area (Å²) in [6.07, 6.45) is -2.21. The summed E-state index contributed by atoms with van der Waals surface area (Å²) >= 11 is 1.04. The van der Waals surface area contributed by atoms with Crippen molar-refractivity contribution in [2.45, 2.75) is 33.4 Å². The molecule has 0 aliphatic heterocycles. The van der Waals surface area contributed by atoms with Crippen molar-refractivity contribution in [2.24, 2.45) is 4.99 Å². The first-order valence-corrected chi connectivity index (χ1v) is 8.44. The van der Waals surface area contributed by atoms with E-state index in [1.807, 2.05) is 44.9 Å². The Morgan fingerprint density at radius 3 is 2.38 bits per heavy atom. The molecule has 9 heteroatoms. The first-order chi connectivity index (χ1) is 11.2. The number of hydrogen-bond donors (Lipinski definition) is 0. The Labute approximate surface area is 168 Å². The largest absolute Gasteiger partial charge is 0.434 e. The quantitative estimate of drug-likeness (QED) is 0.443. The highest BCUT2D eigenvalue weighted by molar-refractivity contribution is 7.09. The van der Waals surface area contributed by atoms with Gasteiger partial charge in [0.05, 0.1) is 17.0 Å². The maximum absolute atomic E-state index is 12.6. The number of aryl methyl sites for hydroxylation is 2.